The molecular formula is C20H20ClNO5. The van der Waals surface area contributed by atoms with E-state index in [0.717, 1.165) is 11.1 Å². The number of nitrogens with zero attached hydrogens (tertiary/aromatic N) is 1. The van der Waals surface area contributed by atoms with Crippen LogP contribution in [0.4, 0.5) is 0 Å². The third-order valence-electron chi connectivity index (χ3n) is 4.77. The predicted molar refractivity (Wildman–Crippen MR) is 98.1 cm³/mol. The van der Waals surface area contributed by atoms with E-state index < -0.39 is 37.1 Å². The highest BCUT2D eigenvalue weighted by Gasteiger charge is 2.43. The van der Waals surface area contributed by atoms with Crippen LogP contribution in [0, 0.1) is 11.3 Å². The van der Waals surface area contributed by atoms with Gasteiger partial charge in [0.15, 0.2) is 0 Å². The van der Waals surface area contributed by atoms with E-state index in [1.165, 1.54) is 0 Å². The predicted octanol–water partition coefficient (Wildman–Crippen LogP) is 1.32. The molecule has 0 radical (unpaired) electrons. The number of aliphatic hydroxyl groups is 4. The SMILES string of the molecule is N#Cc1ccc(Cc2cc(C3O[C@H](CO)[C@@H](O)[C@H](O)C3O)ccc2Cl)cc1. The molecule has 1 aliphatic heterocycles. The average Bonchev–Trinajstić information content (AvgIpc) is 2.69. The van der Waals surface area contributed by atoms with Gasteiger partial charge in [-0.15, -0.1) is 0 Å². The van der Waals surface area contributed by atoms with Gasteiger partial charge in [-0.3, -0.25) is 0 Å². The van der Waals surface area contributed by atoms with Crippen LogP contribution in [0.5, 0.6) is 0 Å². The molecule has 7 heteroatoms. The minimum Gasteiger partial charge on any atom is -0.394 e. The van der Waals surface area contributed by atoms with E-state index in [1.54, 1.807) is 30.3 Å². The minimum absolute atomic E-state index is 0.479. The van der Waals surface area contributed by atoms with Crippen molar-refractivity contribution < 1.29 is 25.2 Å². The van der Waals surface area contributed by atoms with Gasteiger partial charge in [-0.1, -0.05) is 35.9 Å². The lowest BCUT2D eigenvalue weighted by Crippen LogP contribution is -2.55. The van der Waals surface area contributed by atoms with Gasteiger partial charge in [-0.2, -0.15) is 5.26 Å². The Labute approximate surface area is 161 Å². The summed E-state index contributed by atoms with van der Waals surface area (Å²) >= 11 is 6.30. The van der Waals surface area contributed by atoms with Crippen molar-refractivity contribution in [2.24, 2.45) is 0 Å². The van der Waals surface area contributed by atoms with Crippen molar-refractivity contribution in [3.8, 4) is 6.07 Å². The third kappa shape index (κ3) is 4.14. The van der Waals surface area contributed by atoms with Gasteiger partial charge in [0.1, 0.15) is 30.5 Å². The number of benzene rings is 2. The fraction of sp³-hybridized carbons (Fsp3) is 0.350. The molecule has 0 amide bonds. The molecule has 3 rings (SSSR count). The lowest BCUT2D eigenvalue weighted by Gasteiger charge is -2.40. The molecule has 1 fully saturated rings. The second-order valence-electron chi connectivity index (χ2n) is 6.59. The van der Waals surface area contributed by atoms with Gasteiger partial charge in [0.05, 0.1) is 18.2 Å². The quantitative estimate of drug-likeness (QED) is 0.627. The summed E-state index contributed by atoms with van der Waals surface area (Å²) in [6.45, 7) is -0.479. The smallest absolute Gasteiger partial charge is 0.113 e. The fourth-order valence-electron chi connectivity index (χ4n) is 3.20. The summed E-state index contributed by atoms with van der Waals surface area (Å²) in [7, 11) is 0. The maximum absolute atomic E-state index is 10.3. The van der Waals surface area contributed by atoms with Crippen molar-refractivity contribution in [1.82, 2.24) is 0 Å². The summed E-state index contributed by atoms with van der Waals surface area (Å²) in [4.78, 5) is 0. The van der Waals surface area contributed by atoms with Crippen LogP contribution in [0.1, 0.15) is 28.4 Å². The number of ether oxygens (including phenoxy) is 1. The highest BCUT2D eigenvalue weighted by Crippen LogP contribution is 2.34. The zero-order valence-electron chi connectivity index (χ0n) is 14.4. The number of halogens is 1. The number of hydrogen-bond acceptors (Lipinski definition) is 6. The molecule has 2 aromatic carbocycles. The number of hydrogen-bond donors (Lipinski definition) is 4. The van der Waals surface area contributed by atoms with Crippen LogP contribution in [0.15, 0.2) is 42.5 Å². The molecular weight excluding hydrogens is 370 g/mol. The van der Waals surface area contributed by atoms with E-state index in [-0.39, 0.29) is 0 Å². The van der Waals surface area contributed by atoms with Gasteiger partial charge in [-0.05, 0) is 41.3 Å². The summed E-state index contributed by atoms with van der Waals surface area (Å²) in [5, 5.41) is 49.0. The van der Waals surface area contributed by atoms with Crippen molar-refractivity contribution in [3.63, 3.8) is 0 Å². The lowest BCUT2D eigenvalue weighted by molar-refractivity contribution is -0.231. The zero-order chi connectivity index (χ0) is 19.6. The Hall–Kier alpha value is -1.98. The Kier molecular flexibility index (Phi) is 6.12. The van der Waals surface area contributed by atoms with Crippen LogP contribution < -0.4 is 0 Å². The van der Waals surface area contributed by atoms with Gasteiger partial charge >= 0.3 is 0 Å². The highest BCUT2D eigenvalue weighted by atomic mass is 35.5. The van der Waals surface area contributed by atoms with Crippen molar-refractivity contribution in [1.29, 1.82) is 5.26 Å². The molecule has 4 N–H and O–H groups in total. The van der Waals surface area contributed by atoms with Crippen LogP contribution in [0.3, 0.4) is 0 Å². The summed E-state index contributed by atoms with van der Waals surface area (Å²) in [6, 6.07) is 14.3. The van der Waals surface area contributed by atoms with E-state index in [1.807, 2.05) is 12.1 Å². The minimum atomic E-state index is -1.43. The molecule has 0 bridgehead atoms. The summed E-state index contributed by atoms with van der Waals surface area (Å²) < 4.78 is 5.60. The molecule has 1 heterocycles. The number of aliphatic hydroxyl groups excluding tert-OH is 4. The highest BCUT2D eigenvalue weighted by molar-refractivity contribution is 6.31. The zero-order valence-corrected chi connectivity index (χ0v) is 15.1. The number of rotatable bonds is 4. The van der Waals surface area contributed by atoms with Gasteiger partial charge in [0, 0.05) is 5.02 Å². The lowest BCUT2D eigenvalue weighted by atomic mass is 9.90. The molecule has 0 aromatic heterocycles. The van der Waals surface area contributed by atoms with Gasteiger partial charge in [0.2, 0.25) is 0 Å². The fourth-order valence-corrected chi connectivity index (χ4v) is 3.39. The molecule has 1 saturated heterocycles. The van der Waals surface area contributed by atoms with Crippen LogP contribution >= 0.6 is 11.6 Å². The molecule has 0 spiro atoms. The Morgan fingerprint density at radius 3 is 2.33 bits per heavy atom. The van der Waals surface area contributed by atoms with Crippen molar-refractivity contribution in [3.05, 3.63) is 69.7 Å². The standard InChI is InChI=1S/C20H20ClNO5/c21-15-6-5-13(20-19(26)18(25)17(24)16(10-23)27-20)8-14(15)7-11-1-3-12(9-22)4-2-11/h1-6,8,16-20,23-26H,7,10H2/t16-,17-,18+,19?,20?/m1/s1. The second-order valence-corrected chi connectivity index (χ2v) is 6.99. The van der Waals surface area contributed by atoms with Crippen LogP contribution in [-0.4, -0.2) is 51.4 Å². The topological polar surface area (TPSA) is 114 Å². The van der Waals surface area contributed by atoms with Crippen molar-refractivity contribution >= 4 is 11.6 Å². The van der Waals surface area contributed by atoms with Gasteiger partial charge in [-0.25, -0.2) is 0 Å². The maximum Gasteiger partial charge on any atom is 0.113 e. The molecule has 142 valence electrons. The Morgan fingerprint density at radius 2 is 1.70 bits per heavy atom. The van der Waals surface area contributed by atoms with Crippen molar-refractivity contribution in [2.75, 3.05) is 6.61 Å². The summed E-state index contributed by atoms with van der Waals surface area (Å²) in [5.74, 6) is 0. The first-order valence-electron chi connectivity index (χ1n) is 8.52. The Balaban J connectivity index is 1.86. The molecule has 1 aliphatic rings. The van der Waals surface area contributed by atoms with E-state index in [2.05, 4.69) is 6.07 Å². The average molecular weight is 390 g/mol. The largest absolute Gasteiger partial charge is 0.394 e. The summed E-state index contributed by atoms with van der Waals surface area (Å²) in [6.07, 6.45) is -5.53. The normalized spacial score (nSPS) is 27.9. The molecule has 0 saturated carbocycles. The molecule has 0 aliphatic carbocycles. The van der Waals surface area contributed by atoms with E-state index >= 15 is 0 Å². The van der Waals surface area contributed by atoms with E-state index in [9.17, 15) is 20.4 Å². The number of nitriles is 1. The molecule has 27 heavy (non-hydrogen) atoms. The third-order valence-corrected chi connectivity index (χ3v) is 5.14. The van der Waals surface area contributed by atoms with E-state index in [0.29, 0.717) is 22.6 Å². The summed E-state index contributed by atoms with van der Waals surface area (Å²) in [5.41, 5.74) is 2.90. The van der Waals surface area contributed by atoms with Gasteiger partial charge in [0.25, 0.3) is 0 Å². The van der Waals surface area contributed by atoms with Crippen LogP contribution in [-0.2, 0) is 11.2 Å². The molecule has 2 unspecified atom stereocenters. The van der Waals surface area contributed by atoms with E-state index in [4.69, 9.17) is 21.6 Å². The molecule has 5 atom stereocenters. The van der Waals surface area contributed by atoms with Crippen molar-refractivity contribution in [2.45, 2.75) is 36.9 Å². The Morgan fingerprint density at radius 1 is 1.00 bits per heavy atom. The molecule has 6 nitrogen and oxygen atoms in total. The molecule has 2 aromatic rings. The first kappa shape index (κ1) is 19.8. The van der Waals surface area contributed by atoms with Gasteiger partial charge < -0.3 is 25.2 Å². The monoisotopic (exact) mass is 389 g/mol. The maximum atomic E-state index is 10.3. The first-order chi connectivity index (χ1) is 12.9. The second kappa shape index (κ2) is 8.36. The van der Waals surface area contributed by atoms with Crippen LogP contribution in [0.2, 0.25) is 5.02 Å². The first-order valence-corrected chi connectivity index (χ1v) is 8.90. The Bertz CT molecular complexity index is 833. The van der Waals surface area contributed by atoms with Crippen LogP contribution in [0.25, 0.3) is 0 Å².